The Morgan fingerprint density at radius 2 is 1.75 bits per heavy atom. The average molecular weight is 347 g/mol. The Kier molecular flexibility index (Phi) is 6.34. The lowest BCUT2D eigenvalue weighted by Crippen LogP contribution is -2.28. The molecular formula is C17H21N3O3S. The lowest BCUT2D eigenvalue weighted by Gasteiger charge is -2.09. The van der Waals surface area contributed by atoms with Crippen LogP contribution < -0.4 is 10.3 Å². The van der Waals surface area contributed by atoms with Crippen LogP contribution in [0.25, 0.3) is 0 Å². The van der Waals surface area contributed by atoms with E-state index < -0.39 is 10.0 Å². The summed E-state index contributed by atoms with van der Waals surface area (Å²) in [5.74, 6) is 0.390. The molecule has 128 valence electrons. The van der Waals surface area contributed by atoms with Gasteiger partial charge in [-0.1, -0.05) is 55.0 Å². The van der Waals surface area contributed by atoms with E-state index in [4.69, 9.17) is 4.84 Å². The number of hydrogen-bond acceptors (Lipinski definition) is 4. The van der Waals surface area contributed by atoms with Crippen molar-refractivity contribution in [3.05, 3.63) is 65.7 Å². The van der Waals surface area contributed by atoms with Crippen molar-refractivity contribution in [2.24, 2.45) is 5.10 Å². The van der Waals surface area contributed by atoms with Gasteiger partial charge in [0.05, 0.1) is 11.5 Å². The summed E-state index contributed by atoms with van der Waals surface area (Å²) >= 11 is 0. The van der Waals surface area contributed by atoms with E-state index in [1.54, 1.807) is 12.1 Å². The van der Waals surface area contributed by atoms with Crippen molar-refractivity contribution in [2.45, 2.75) is 31.8 Å². The highest BCUT2D eigenvalue weighted by atomic mass is 32.2. The molecule has 2 aromatic carbocycles. The summed E-state index contributed by atoms with van der Waals surface area (Å²) < 4.78 is 24.3. The van der Waals surface area contributed by atoms with Crippen LogP contribution in [-0.4, -0.2) is 14.3 Å². The summed E-state index contributed by atoms with van der Waals surface area (Å²) in [7, 11) is -3.69. The zero-order valence-electron chi connectivity index (χ0n) is 13.7. The van der Waals surface area contributed by atoms with E-state index in [9.17, 15) is 8.42 Å². The third-order valence-corrected chi connectivity index (χ3v) is 4.46. The number of nitrogens with zero attached hydrogens (tertiary/aromatic N) is 1. The molecule has 0 heterocycles. The Bertz CT molecular complexity index is 772. The van der Waals surface area contributed by atoms with E-state index in [2.05, 4.69) is 15.4 Å². The Morgan fingerprint density at radius 1 is 1.08 bits per heavy atom. The summed E-state index contributed by atoms with van der Waals surface area (Å²) in [4.78, 5) is 7.72. The molecule has 0 spiro atoms. The lowest BCUT2D eigenvalue weighted by molar-refractivity contribution is 0.0697. The number of aryl methyl sites for hydroxylation is 1. The molecule has 0 bridgehead atoms. The van der Waals surface area contributed by atoms with Crippen LogP contribution in [0.4, 0.5) is 0 Å². The molecule has 2 rings (SSSR count). The summed E-state index contributed by atoms with van der Waals surface area (Å²) in [5, 5.41) is 3.89. The van der Waals surface area contributed by atoms with Gasteiger partial charge in [-0.25, -0.2) is 0 Å². The van der Waals surface area contributed by atoms with E-state index in [1.807, 2.05) is 44.2 Å². The van der Waals surface area contributed by atoms with E-state index in [-0.39, 0.29) is 4.90 Å². The Hall–Kier alpha value is -2.38. The second-order valence-electron chi connectivity index (χ2n) is 5.20. The smallest absolute Gasteiger partial charge is 0.270 e. The summed E-state index contributed by atoms with van der Waals surface area (Å²) in [6.45, 7) is 4.09. The van der Waals surface area contributed by atoms with Gasteiger partial charge in [-0.3, -0.25) is 10.3 Å². The number of hydroxylamine groups is 1. The molecule has 24 heavy (non-hydrogen) atoms. The largest absolute Gasteiger partial charge is 0.276 e. The molecule has 2 N–H and O–H groups in total. The molecule has 0 atom stereocenters. The Labute approximate surface area is 142 Å². The van der Waals surface area contributed by atoms with E-state index in [0.717, 1.165) is 11.1 Å². The van der Waals surface area contributed by atoms with Gasteiger partial charge < -0.3 is 0 Å². The predicted molar refractivity (Wildman–Crippen MR) is 93.6 cm³/mol. The normalized spacial score (nSPS) is 12.0. The minimum atomic E-state index is -3.69. The molecule has 0 radical (unpaired) electrons. The molecule has 0 aliphatic heterocycles. The van der Waals surface area contributed by atoms with Crippen LogP contribution in [0.2, 0.25) is 0 Å². The topological polar surface area (TPSA) is 79.8 Å². The highest BCUT2D eigenvalue weighted by Crippen LogP contribution is 2.09. The zero-order chi connectivity index (χ0) is 17.4. The number of rotatable bonds is 7. The van der Waals surface area contributed by atoms with Gasteiger partial charge in [0.2, 0.25) is 0 Å². The first-order valence-electron chi connectivity index (χ1n) is 7.58. The maximum absolute atomic E-state index is 12.2. The van der Waals surface area contributed by atoms with E-state index in [1.165, 1.54) is 12.1 Å². The molecular weight excluding hydrogens is 326 g/mol. The quantitative estimate of drug-likeness (QED) is 0.458. The molecule has 0 fully saturated rings. The van der Waals surface area contributed by atoms with E-state index in [0.29, 0.717) is 18.9 Å². The van der Waals surface area contributed by atoms with Gasteiger partial charge in [0.15, 0.2) is 0 Å². The van der Waals surface area contributed by atoms with Gasteiger partial charge in [-0.05, 0) is 24.6 Å². The zero-order valence-corrected chi connectivity index (χ0v) is 14.5. The number of hydrogen-bond donors (Lipinski definition) is 2. The molecule has 7 heteroatoms. The van der Waals surface area contributed by atoms with Gasteiger partial charge in [-0.15, -0.1) is 0 Å². The Balaban J connectivity index is 1.93. The number of benzene rings is 2. The molecule has 0 saturated carbocycles. The second-order valence-corrected chi connectivity index (χ2v) is 6.86. The van der Waals surface area contributed by atoms with Crippen LogP contribution in [0.1, 0.15) is 24.5 Å². The summed E-state index contributed by atoms with van der Waals surface area (Å²) in [6.07, 6.45) is 0.491. The first-order chi connectivity index (χ1) is 11.5. The molecule has 0 amide bonds. The SMILES string of the molecule is CC/C(=N/NS(=O)(=O)c1ccc(C)cc1)NOCc1ccccc1. The first kappa shape index (κ1) is 18.0. The van der Waals surface area contributed by atoms with Crippen LogP contribution in [0.5, 0.6) is 0 Å². The molecule has 0 unspecified atom stereocenters. The van der Waals surface area contributed by atoms with Crippen molar-refractivity contribution in [1.29, 1.82) is 0 Å². The molecule has 2 aromatic rings. The number of amidine groups is 1. The van der Waals surface area contributed by atoms with Crippen molar-refractivity contribution in [3.8, 4) is 0 Å². The average Bonchev–Trinajstić information content (AvgIpc) is 2.59. The van der Waals surface area contributed by atoms with Gasteiger partial charge in [0, 0.05) is 6.42 Å². The third kappa shape index (κ3) is 5.36. The van der Waals surface area contributed by atoms with Gasteiger partial charge >= 0.3 is 0 Å². The van der Waals surface area contributed by atoms with Gasteiger partial charge in [0.1, 0.15) is 5.84 Å². The van der Waals surface area contributed by atoms with Crippen LogP contribution in [0, 0.1) is 6.92 Å². The fourth-order valence-electron chi connectivity index (χ4n) is 1.84. The van der Waals surface area contributed by atoms with Crippen LogP contribution >= 0.6 is 0 Å². The highest BCUT2D eigenvalue weighted by Gasteiger charge is 2.12. The highest BCUT2D eigenvalue weighted by molar-refractivity contribution is 7.89. The molecule has 0 aromatic heterocycles. The van der Waals surface area contributed by atoms with Gasteiger partial charge in [-0.2, -0.15) is 18.4 Å². The maximum atomic E-state index is 12.2. The fourth-order valence-corrected chi connectivity index (χ4v) is 2.67. The molecule has 6 nitrogen and oxygen atoms in total. The van der Waals surface area contributed by atoms with Crippen LogP contribution in [0.15, 0.2) is 64.6 Å². The van der Waals surface area contributed by atoms with Crippen LogP contribution in [-0.2, 0) is 21.5 Å². The lowest BCUT2D eigenvalue weighted by atomic mass is 10.2. The number of sulfonamides is 1. The summed E-state index contributed by atoms with van der Waals surface area (Å²) in [5.41, 5.74) is 4.66. The van der Waals surface area contributed by atoms with Gasteiger partial charge in [0.25, 0.3) is 10.0 Å². The fraction of sp³-hybridized carbons (Fsp3) is 0.235. The second kappa shape index (κ2) is 8.47. The minimum Gasteiger partial charge on any atom is -0.270 e. The molecule has 0 aliphatic carbocycles. The summed E-state index contributed by atoms with van der Waals surface area (Å²) in [6, 6.07) is 16.2. The van der Waals surface area contributed by atoms with Crippen molar-refractivity contribution < 1.29 is 13.3 Å². The minimum absolute atomic E-state index is 0.164. The third-order valence-electron chi connectivity index (χ3n) is 3.24. The van der Waals surface area contributed by atoms with Crippen molar-refractivity contribution in [2.75, 3.05) is 0 Å². The van der Waals surface area contributed by atoms with Crippen molar-refractivity contribution in [1.82, 2.24) is 10.3 Å². The first-order valence-corrected chi connectivity index (χ1v) is 9.06. The van der Waals surface area contributed by atoms with E-state index >= 15 is 0 Å². The van der Waals surface area contributed by atoms with Crippen molar-refractivity contribution >= 4 is 15.9 Å². The van der Waals surface area contributed by atoms with Crippen molar-refractivity contribution in [3.63, 3.8) is 0 Å². The monoisotopic (exact) mass is 347 g/mol. The number of nitrogens with one attached hydrogen (secondary N) is 2. The van der Waals surface area contributed by atoms with Crippen LogP contribution in [0.3, 0.4) is 0 Å². The molecule has 0 aliphatic rings. The number of hydrazone groups is 1. The predicted octanol–water partition coefficient (Wildman–Crippen LogP) is 2.72. The maximum Gasteiger partial charge on any atom is 0.276 e. The standard InChI is InChI=1S/C17H21N3O3S/c1-3-17(19-23-13-15-7-5-4-6-8-15)18-20-24(21,22)16-11-9-14(2)10-12-16/h4-12,20H,3,13H2,1-2H3,(H,18,19). The molecule has 0 saturated heterocycles. The Morgan fingerprint density at radius 3 is 2.38 bits per heavy atom.